The molecule has 3 nitrogen and oxygen atoms in total. The van der Waals surface area contributed by atoms with E-state index in [-0.39, 0.29) is 5.43 Å². The van der Waals surface area contributed by atoms with Crippen molar-refractivity contribution in [2.75, 3.05) is 5.75 Å². The van der Waals surface area contributed by atoms with E-state index in [0.717, 1.165) is 60.0 Å². The Morgan fingerprint density at radius 3 is 2.37 bits per heavy atom. The number of aryl methyl sites for hydroxylation is 4. The molecule has 5 heteroatoms. The topological polar surface area (TPSA) is 34.9 Å². The Bertz CT molecular complexity index is 1210. The van der Waals surface area contributed by atoms with Gasteiger partial charge < -0.3 is 4.57 Å². The number of rotatable bonds is 7. The van der Waals surface area contributed by atoms with Crippen molar-refractivity contribution in [3.05, 3.63) is 92.5 Å². The van der Waals surface area contributed by atoms with Gasteiger partial charge in [0.15, 0.2) is 5.16 Å². The zero-order valence-electron chi connectivity index (χ0n) is 16.8. The average Bonchev–Trinajstić information content (AvgIpc) is 3.39. The Morgan fingerprint density at radius 2 is 1.63 bits per heavy atom. The molecule has 0 bridgehead atoms. The van der Waals surface area contributed by atoms with Crippen molar-refractivity contribution in [3.63, 3.8) is 0 Å². The summed E-state index contributed by atoms with van der Waals surface area (Å²) in [7, 11) is 0. The summed E-state index contributed by atoms with van der Waals surface area (Å²) in [6.07, 6.45) is 4.98. The molecule has 1 aliphatic carbocycles. The highest BCUT2D eigenvalue weighted by atomic mass is 32.2. The minimum atomic E-state index is 0.166. The molecule has 0 N–H and O–H groups in total. The van der Waals surface area contributed by atoms with Crippen LogP contribution < -0.4 is 5.43 Å². The van der Waals surface area contributed by atoms with Crippen LogP contribution in [0.1, 0.15) is 28.0 Å². The highest BCUT2D eigenvalue weighted by Crippen LogP contribution is 2.32. The first-order valence-corrected chi connectivity index (χ1v) is 12.4. The Kier molecular flexibility index (Phi) is 5.73. The van der Waals surface area contributed by atoms with Crippen LogP contribution in [-0.2, 0) is 32.2 Å². The lowest BCUT2D eigenvalue weighted by Gasteiger charge is -2.09. The van der Waals surface area contributed by atoms with Gasteiger partial charge in [0.1, 0.15) is 10.3 Å². The monoisotopic (exact) mass is 432 g/mol. The molecule has 2 aromatic heterocycles. The van der Waals surface area contributed by atoms with Gasteiger partial charge in [-0.25, -0.2) is 4.98 Å². The van der Waals surface area contributed by atoms with Gasteiger partial charge in [0.05, 0.1) is 0 Å². The Balaban J connectivity index is 1.46. The molecule has 30 heavy (non-hydrogen) atoms. The molecule has 4 aromatic rings. The second-order valence-electron chi connectivity index (χ2n) is 7.71. The predicted octanol–water partition coefficient (Wildman–Crippen LogP) is 5.52. The van der Waals surface area contributed by atoms with E-state index in [2.05, 4.69) is 65.2 Å². The molecule has 5 rings (SSSR count). The zero-order valence-corrected chi connectivity index (χ0v) is 18.5. The minimum absolute atomic E-state index is 0.166. The average molecular weight is 433 g/mol. The lowest BCUT2D eigenvalue weighted by Crippen LogP contribution is -2.08. The van der Waals surface area contributed by atoms with Gasteiger partial charge in [-0.2, -0.15) is 0 Å². The fourth-order valence-electron chi connectivity index (χ4n) is 4.10. The molecule has 0 amide bonds. The standard InChI is InChI=1S/C25H24N2OS2/c28-23-20-12-7-13-21(20)30-24-22(23)26-25(29-17-15-19-10-5-2-6-11-19)27(24)16-14-18-8-3-1-4-9-18/h1-6,8-11H,7,12-17H2. The Morgan fingerprint density at radius 1 is 0.933 bits per heavy atom. The number of nitrogens with zero attached hydrogens (tertiary/aromatic N) is 2. The summed E-state index contributed by atoms with van der Waals surface area (Å²) >= 11 is 3.56. The van der Waals surface area contributed by atoms with Gasteiger partial charge in [0.2, 0.25) is 5.43 Å². The maximum absolute atomic E-state index is 13.1. The van der Waals surface area contributed by atoms with Crippen LogP contribution in [-0.4, -0.2) is 15.3 Å². The first-order chi connectivity index (χ1) is 14.8. The molecular weight excluding hydrogens is 408 g/mol. The van der Waals surface area contributed by atoms with E-state index in [9.17, 15) is 4.79 Å². The summed E-state index contributed by atoms with van der Waals surface area (Å²) in [5, 5.41) is 0.980. The van der Waals surface area contributed by atoms with Crippen molar-refractivity contribution >= 4 is 33.4 Å². The summed E-state index contributed by atoms with van der Waals surface area (Å²) in [5.41, 5.74) is 4.51. The van der Waals surface area contributed by atoms with E-state index in [1.165, 1.54) is 16.0 Å². The quantitative estimate of drug-likeness (QED) is 0.361. The third-order valence-electron chi connectivity index (χ3n) is 5.69. The predicted molar refractivity (Wildman–Crippen MR) is 127 cm³/mol. The van der Waals surface area contributed by atoms with Gasteiger partial charge in [-0.15, -0.1) is 11.3 Å². The number of fused-ring (bicyclic) bond motifs is 2. The maximum atomic E-state index is 13.1. The van der Waals surface area contributed by atoms with E-state index in [4.69, 9.17) is 4.98 Å². The van der Waals surface area contributed by atoms with Gasteiger partial charge in [0, 0.05) is 22.7 Å². The summed E-state index contributed by atoms with van der Waals surface area (Å²) in [4.78, 5) is 20.3. The van der Waals surface area contributed by atoms with Crippen LogP contribution in [0.25, 0.3) is 10.3 Å². The van der Waals surface area contributed by atoms with Crippen LogP contribution in [0, 0.1) is 0 Å². The second-order valence-corrected chi connectivity index (χ2v) is 9.85. The van der Waals surface area contributed by atoms with Gasteiger partial charge in [-0.3, -0.25) is 4.79 Å². The van der Waals surface area contributed by atoms with Gasteiger partial charge in [-0.05, 0) is 43.2 Å². The third kappa shape index (κ3) is 3.96. The van der Waals surface area contributed by atoms with Crippen LogP contribution in [0.3, 0.4) is 0 Å². The summed E-state index contributed by atoms with van der Waals surface area (Å²) < 4.78 is 2.29. The van der Waals surface area contributed by atoms with Crippen molar-refractivity contribution < 1.29 is 0 Å². The lowest BCUT2D eigenvalue weighted by molar-refractivity contribution is 0.655. The first-order valence-electron chi connectivity index (χ1n) is 10.6. The molecule has 0 saturated carbocycles. The number of hydrogen-bond donors (Lipinski definition) is 0. The van der Waals surface area contributed by atoms with Gasteiger partial charge in [-0.1, -0.05) is 72.4 Å². The van der Waals surface area contributed by atoms with Crippen molar-refractivity contribution in [3.8, 4) is 0 Å². The Hall–Kier alpha value is -2.37. The Labute approximate surface area is 184 Å². The number of benzene rings is 2. The molecule has 0 saturated heterocycles. The number of hydrogen-bond acceptors (Lipinski definition) is 4. The van der Waals surface area contributed by atoms with Crippen LogP contribution in [0.4, 0.5) is 0 Å². The molecule has 2 aromatic carbocycles. The molecule has 0 aliphatic heterocycles. The van der Waals surface area contributed by atoms with Gasteiger partial charge in [0.25, 0.3) is 0 Å². The van der Waals surface area contributed by atoms with Gasteiger partial charge >= 0.3 is 0 Å². The van der Waals surface area contributed by atoms with Crippen molar-refractivity contribution in [1.29, 1.82) is 0 Å². The molecule has 0 atom stereocenters. The smallest absolute Gasteiger partial charge is 0.211 e. The number of imidazole rings is 1. The molecule has 152 valence electrons. The fourth-order valence-corrected chi connectivity index (χ4v) is 6.49. The van der Waals surface area contributed by atoms with E-state index < -0.39 is 0 Å². The second kappa shape index (κ2) is 8.78. The number of aromatic nitrogens is 2. The van der Waals surface area contributed by atoms with Crippen molar-refractivity contribution in [1.82, 2.24) is 9.55 Å². The van der Waals surface area contributed by atoms with Crippen LogP contribution >= 0.6 is 23.1 Å². The van der Waals surface area contributed by atoms with Crippen molar-refractivity contribution in [2.24, 2.45) is 0 Å². The van der Waals surface area contributed by atoms with E-state index in [0.29, 0.717) is 5.52 Å². The van der Waals surface area contributed by atoms with E-state index in [1.54, 1.807) is 23.1 Å². The first kappa shape index (κ1) is 19.6. The molecule has 0 unspecified atom stereocenters. The molecule has 2 heterocycles. The summed E-state index contributed by atoms with van der Waals surface area (Å²) in [5.74, 6) is 0.956. The van der Waals surface area contributed by atoms with Crippen molar-refractivity contribution in [2.45, 2.75) is 43.8 Å². The molecule has 0 fully saturated rings. The van der Waals surface area contributed by atoms with Crippen LogP contribution in [0.5, 0.6) is 0 Å². The molecular formula is C25H24N2OS2. The number of thioether (sulfide) groups is 1. The lowest BCUT2D eigenvalue weighted by atomic mass is 10.1. The largest absolute Gasteiger partial charge is 0.310 e. The molecule has 1 aliphatic rings. The summed E-state index contributed by atoms with van der Waals surface area (Å²) in [6.45, 7) is 0.850. The minimum Gasteiger partial charge on any atom is -0.310 e. The van der Waals surface area contributed by atoms with Crippen LogP contribution in [0.2, 0.25) is 0 Å². The highest BCUT2D eigenvalue weighted by Gasteiger charge is 2.22. The van der Waals surface area contributed by atoms with E-state index in [1.807, 2.05) is 0 Å². The van der Waals surface area contributed by atoms with E-state index >= 15 is 0 Å². The third-order valence-corrected chi connectivity index (χ3v) is 7.98. The highest BCUT2D eigenvalue weighted by molar-refractivity contribution is 7.99. The fraction of sp³-hybridized carbons (Fsp3) is 0.280. The normalized spacial score (nSPS) is 13.1. The SMILES string of the molecule is O=c1c2c(sc3c1nc(SCCc1ccccc1)n3CCc1ccccc1)CCC2. The molecule has 0 spiro atoms. The van der Waals surface area contributed by atoms with Crippen LogP contribution in [0.15, 0.2) is 70.6 Å². The maximum Gasteiger partial charge on any atom is 0.211 e. The molecule has 0 radical (unpaired) electrons. The zero-order chi connectivity index (χ0) is 20.3. The summed E-state index contributed by atoms with van der Waals surface area (Å²) in [6, 6.07) is 21.1.